The van der Waals surface area contributed by atoms with E-state index in [0.29, 0.717) is 11.4 Å². The minimum atomic E-state index is 0.678. The third kappa shape index (κ3) is 3.54. The van der Waals surface area contributed by atoms with Crippen LogP contribution in [0.1, 0.15) is 0 Å². The minimum Gasteiger partial charge on any atom is -0.452 e. The molecule has 0 aliphatic rings. The number of furan rings is 1. The Hall–Kier alpha value is -6.98. The van der Waals surface area contributed by atoms with Gasteiger partial charge in [0, 0.05) is 54.5 Å². The lowest BCUT2D eigenvalue weighted by Crippen LogP contribution is -1.96. The van der Waals surface area contributed by atoms with Crippen LogP contribution in [-0.2, 0) is 0 Å². The highest BCUT2D eigenvalue weighted by molar-refractivity contribution is 6.34. The van der Waals surface area contributed by atoms with Crippen LogP contribution in [0.15, 0.2) is 162 Å². The molecule has 12 aromatic rings. The molecule has 0 unspecified atom stereocenters. The quantitative estimate of drug-likeness (QED) is 0.191. The first-order valence-electron chi connectivity index (χ1n) is 17.3. The molecule has 0 spiro atoms. The molecule has 236 valence electrons. The maximum Gasteiger partial charge on any atom is 0.180 e. The van der Waals surface area contributed by atoms with Gasteiger partial charge in [-0.1, -0.05) is 109 Å². The molecule has 0 fully saturated rings. The molecule has 5 nitrogen and oxygen atoms in total. The van der Waals surface area contributed by atoms with Gasteiger partial charge in [-0.15, -0.1) is 0 Å². The Balaban J connectivity index is 1.14. The van der Waals surface area contributed by atoms with E-state index in [2.05, 4.69) is 130 Å². The molecule has 5 heteroatoms. The predicted molar refractivity (Wildman–Crippen MR) is 209 cm³/mol. The van der Waals surface area contributed by atoms with Crippen molar-refractivity contribution in [3.05, 3.63) is 158 Å². The van der Waals surface area contributed by atoms with Crippen LogP contribution in [0.3, 0.4) is 0 Å². The Bertz CT molecular complexity index is 3350. The Morgan fingerprint density at radius 3 is 1.84 bits per heavy atom. The average molecular weight is 651 g/mol. The van der Waals surface area contributed by atoms with Crippen molar-refractivity contribution in [1.82, 2.24) is 18.9 Å². The molecule has 0 aliphatic heterocycles. The predicted octanol–water partition coefficient (Wildman–Crippen LogP) is 12.0. The van der Waals surface area contributed by atoms with Crippen molar-refractivity contribution in [3.8, 4) is 28.3 Å². The number of para-hydroxylation sites is 4. The van der Waals surface area contributed by atoms with Crippen LogP contribution in [0.5, 0.6) is 0 Å². The maximum atomic E-state index is 6.45. The second kappa shape index (κ2) is 9.80. The van der Waals surface area contributed by atoms with Gasteiger partial charge in [0.25, 0.3) is 0 Å². The summed E-state index contributed by atoms with van der Waals surface area (Å²) in [7, 11) is 0. The molecule has 0 radical (unpaired) electrons. The first kappa shape index (κ1) is 26.9. The van der Waals surface area contributed by atoms with Crippen molar-refractivity contribution in [1.29, 1.82) is 0 Å². The summed E-state index contributed by atoms with van der Waals surface area (Å²) in [6.45, 7) is 0. The fourth-order valence-corrected chi connectivity index (χ4v) is 8.50. The first-order valence-corrected chi connectivity index (χ1v) is 17.3. The van der Waals surface area contributed by atoms with E-state index in [4.69, 9.17) is 14.4 Å². The van der Waals surface area contributed by atoms with E-state index >= 15 is 0 Å². The topological polar surface area (TPSA) is 48.3 Å². The summed E-state index contributed by atoms with van der Waals surface area (Å²) in [5.41, 5.74) is 12.3. The number of hydrogen-bond donors (Lipinski definition) is 0. The Morgan fingerprint density at radius 1 is 0.451 bits per heavy atom. The highest BCUT2D eigenvalue weighted by Crippen LogP contribution is 2.46. The van der Waals surface area contributed by atoms with Gasteiger partial charge in [0.15, 0.2) is 11.4 Å². The SMILES string of the molecule is c1ccc(-c2nc(-c3ccc(-n4c5ccccc5c5cc6c7ccccc7n7c8ccccc8c(c54)c67)cc3)c3oc4ccccc4c3n2)cc1. The zero-order valence-electron chi connectivity index (χ0n) is 27.2. The van der Waals surface area contributed by atoms with E-state index in [1.807, 2.05) is 36.4 Å². The molecule has 7 aromatic carbocycles. The van der Waals surface area contributed by atoms with Gasteiger partial charge >= 0.3 is 0 Å². The molecule has 0 saturated carbocycles. The molecular formula is C46H26N4O. The second-order valence-electron chi connectivity index (χ2n) is 13.4. The first-order chi connectivity index (χ1) is 25.3. The molecule has 12 rings (SSSR count). The molecule has 51 heavy (non-hydrogen) atoms. The fraction of sp³-hybridized carbons (Fsp3) is 0. The number of aromatic nitrogens is 4. The van der Waals surface area contributed by atoms with E-state index in [1.54, 1.807) is 0 Å². The average Bonchev–Trinajstić information content (AvgIpc) is 3.93. The van der Waals surface area contributed by atoms with Gasteiger partial charge in [0.2, 0.25) is 0 Å². The molecule has 0 amide bonds. The number of hydrogen-bond acceptors (Lipinski definition) is 3. The van der Waals surface area contributed by atoms with Gasteiger partial charge in [-0.2, -0.15) is 0 Å². The summed E-state index contributed by atoms with van der Waals surface area (Å²) in [6.07, 6.45) is 0. The third-order valence-corrected chi connectivity index (χ3v) is 10.7. The van der Waals surface area contributed by atoms with Gasteiger partial charge < -0.3 is 13.4 Å². The smallest absolute Gasteiger partial charge is 0.180 e. The zero-order chi connectivity index (χ0) is 33.2. The minimum absolute atomic E-state index is 0.678. The third-order valence-electron chi connectivity index (χ3n) is 10.7. The molecule has 0 atom stereocenters. The molecule has 0 saturated heterocycles. The summed E-state index contributed by atoms with van der Waals surface area (Å²) >= 11 is 0. The van der Waals surface area contributed by atoms with E-state index in [0.717, 1.165) is 39.0 Å². The summed E-state index contributed by atoms with van der Waals surface area (Å²) in [6, 6.07) is 55.8. The summed E-state index contributed by atoms with van der Waals surface area (Å²) in [4.78, 5) is 10.1. The fourth-order valence-electron chi connectivity index (χ4n) is 8.50. The van der Waals surface area contributed by atoms with Crippen molar-refractivity contribution in [2.24, 2.45) is 0 Å². The summed E-state index contributed by atoms with van der Waals surface area (Å²) < 4.78 is 11.3. The van der Waals surface area contributed by atoms with Crippen LogP contribution in [0.25, 0.3) is 110 Å². The molecule has 5 heterocycles. The van der Waals surface area contributed by atoms with E-state index in [-0.39, 0.29) is 0 Å². The van der Waals surface area contributed by atoms with Crippen molar-refractivity contribution >= 4 is 82.0 Å². The van der Waals surface area contributed by atoms with Crippen molar-refractivity contribution in [3.63, 3.8) is 0 Å². The summed E-state index contributed by atoms with van der Waals surface area (Å²) in [5.74, 6) is 0.678. The van der Waals surface area contributed by atoms with E-state index in [9.17, 15) is 0 Å². The molecule has 5 aromatic heterocycles. The van der Waals surface area contributed by atoms with Gasteiger partial charge in [0.05, 0.1) is 27.6 Å². The van der Waals surface area contributed by atoms with Crippen molar-refractivity contribution in [2.75, 3.05) is 0 Å². The van der Waals surface area contributed by atoms with Gasteiger partial charge in [-0.3, -0.25) is 0 Å². The van der Waals surface area contributed by atoms with Crippen LogP contribution in [0.2, 0.25) is 0 Å². The maximum absolute atomic E-state index is 6.45. The molecular weight excluding hydrogens is 625 g/mol. The van der Waals surface area contributed by atoms with Crippen LogP contribution in [0, 0.1) is 0 Å². The summed E-state index contributed by atoms with van der Waals surface area (Å²) in [5, 5.41) is 8.58. The van der Waals surface area contributed by atoms with Crippen LogP contribution in [0.4, 0.5) is 0 Å². The second-order valence-corrected chi connectivity index (χ2v) is 13.4. The Labute approximate surface area is 290 Å². The monoisotopic (exact) mass is 650 g/mol. The van der Waals surface area contributed by atoms with Crippen LogP contribution in [-0.4, -0.2) is 18.9 Å². The highest BCUT2D eigenvalue weighted by atomic mass is 16.3. The normalized spacial score (nSPS) is 12.3. The number of benzene rings is 7. The van der Waals surface area contributed by atoms with Gasteiger partial charge in [-0.25, -0.2) is 9.97 Å². The van der Waals surface area contributed by atoms with Crippen molar-refractivity contribution < 1.29 is 4.42 Å². The number of rotatable bonds is 3. The Morgan fingerprint density at radius 2 is 1.06 bits per heavy atom. The lowest BCUT2D eigenvalue weighted by molar-refractivity contribution is 0.667. The molecule has 0 N–H and O–H groups in total. The lowest BCUT2D eigenvalue weighted by atomic mass is 10.0. The van der Waals surface area contributed by atoms with Gasteiger partial charge in [-0.05, 0) is 48.5 Å². The molecule has 0 aliphatic carbocycles. The molecule has 0 bridgehead atoms. The Kier molecular flexibility index (Phi) is 5.17. The zero-order valence-corrected chi connectivity index (χ0v) is 27.2. The van der Waals surface area contributed by atoms with Crippen LogP contribution >= 0.6 is 0 Å². The van der Waals surface area contributed by atoms with E-state index < -0.39 is 0 Å². The number of fused-ring (bicyclic) bond motifs is 13. The van der Waals surface area contributed by atoms with Crippen LogP contribution < -0.4 is 0 Å². The van der Waals surface area contributed by atoms with E-state index in [1.165, 1.54) is 59.9 Å². The number of nitrogens with zero attached hydrogens (tertiary/aromatic N) is 4. The van der Waals surface area contributed by atoms with Crippen molar-refractivity contribution in [2.45, 2.75) is 0 Å². The highest BCUT2D eigenvalue weighted by Gasteiger charge is 2.24. The largest absolute Gasteiger partial charge is 0.452 e. The standard InChI is InChI=1S/C46H26N4O/c1-2-12-28(13-3-1)46-47-41(45-42(48-46)33-17-7-11-21-39(33)51-45)27-22-24-29(25-23-27)49-36-18-8-4-14-30(36)34-26-35-31-15-5-9-19-37(31)50-38-20-10-6-16-32(38)40(43(34)49)44(35)50/h1-26H. The van der Waals surface area contributed by atoms with Gasteiger partial charge in [0.1, 0.15) is 16.8 Å². The lowest BCUT2D eigenvalue weighted by Gasteiger charge is -2.11.